The number of sulfonamides is 1. The minimum absolute atomic E-state index is 0.0157. The van der Waals surface area contributed by atoms with Gasteiger partial charge in [0, 0.05) is 6.04 Å². The van der Waals surface area contributed by atoms with E-state index in [-0.39, 0.29) is 10.5 Å². The highest BCUT2D eigenvalue weighted by Gasteiger charge is 2.29. The van der Waals surface area contributed by atoms with E-state index in [2.05, 4.69) is 4.74 Å². The van der Waals surface area contributed by atoms with E-state index in [0.29, 0.717) is 0 Å². The number of rotatable bonds is 6. The van der Waals surface area contributed by atoms with Crippen LogP contribution in [0, 0.1) is 0 Å². The fourth-order valence-electron chi connectivity index (χ4n) is 1.64. The number of carboxylic acids is 1. The second-order valence-electron chi connectivity index (χ2n) is 4.55. The number of aromatic carboxylic acids is 1. The Morgan fingerprint density at radius 3 is 2.14 bits per heavy atom. The zero-order chi connectivity index (χ0) is 16.2. The van der Waals surface area contributed by atoms with E-state index in [1.54, 1.807) is 13.8 Å². The van der Waals surface area contributed by atoms with Crippen LogP contribution < -0.4 is 0 Å². The summed E-state index contributed by atoms with van der Waals surface area (Å²) in [5.41, 5.74) is -0.0157. The Balaban J connectivity index is 3.16. The number of benzene rings is 1. The molecular formula is C13H17NO6S. The summed E-state index contributed by atoms with van der Waals surface area (Å²) in [5.74, 6) is -1.82. The van der Waals surface area contributed by atoms with Crippen molar-refractivity contribution in [2.24, 2.45) is 0 Å². The summed E-state index contributed by atoms with van der Waals surface area (Å²) in [4.78, 5) is 22.0. The Bertz CT molecular complexity index is 621. The summed E-state index contributed by atoms with van der Waals surface area (Å²) in [6.07, 6.45) is 0. The van der Waals surface area contributed by atoms with E-state index in [9.17, 15) is 18.0 Å². The van der Waals surface area contributed by atoms with Gasteiger partial charge in [-0.3, -0.25) is 4.79 Å². The Morgan fingerprint density at radius 1 is 1.24 bits per heavy atom. The van der Waals surface area contributed by atoms with Crippen molar-refractivity contribution in [3.8, 4) is 0 Å². The molecular weight excluding hydrogens is 298 g/mol. The van der Waals surface area contributed by atoms with Crippen molar-refractivity contribution in [3.05, 3.63) is 29.8 Å². The minimum atomic E-state index is -3.91. The third-order valence-corrected chi connectivity index (χ3v) is 4.83. The van der Waals surface area contributed by atoms with Gasteiger partial charge in [0.05, 0.1) is 17.6 Å². The second kappa shape index (κ2) is 6.68. The van der Waals surface area contributed by atoms with E-state index in [0.717, 1.165) is 4.31 Å². The van der Waals surface area contributed by atoms with Crippen molar-refractivity contribution in [1.29, 1.82) is 0 Å². The molecule has 1 rings (SSSR count). The standard InChI is InChI=1S/C13H17NO6S/c1-9(2)14(8-12(15)20-3)21(18,19)11-6-4-10(5-7-11)13(16)17/h4-7,9H,8H2,1-3H3,(H,16,17). The van der Waals surface area contributed by atoms with E-state index in [1.165, 1.54) is 31.4 Å². The summed E-state index contributed by atoms with van der Waals surface area (Å²) < 4.78 is 30.4. The maximum Gasteiger partial charge on any atom is 0.335 e. The molecule has 7 nitrogen and oxygen atoms in total. The number of carbonyl (C=O) groups excluding carboxylic acids is 1. The van der Waals surface area contributed by atoms with Gasteiger partial charge in [-0.15, -0.1) is 0 Å². The van der Waals surface area contributed by atoms with Crippen LogP contribution in [-0.4, -0.2) is 49.5 Å². The molecule has 1 N–H and O–H groups in total. The molecule has 8 heteroatoms. The van der Waals surface area contributed by atoms with Crippen LogP contribution in [0.25, 0.3) is 0 Å². The first-order chi connectivity index (χ1) is 9.70. The van der Waals surface area contributed by atoms with Gasteiger partial charge >= 0.3 is 11.9 Å². The van der Waals surface area contributed by atoms with Gasteiger partial charge in [0.15, 0.2) is 0 Å². The number of esters is 1. The van der Waals surface area contributed by atoms with Crippen molar-refractivity contribution in [2.75, 3.05) is 13.7 Å². The largest absolute Gasteiger partial charge is 0.478 e. The fraction of sp³-hybridized carbons (Fsp3) is 0.385. The first-order valence-corrected chi connectivity index (χ1v) is 7.56. The fourth-order valence-corrected chi connectivity index (χ4v) is 3.22. The van der Waals surface area contributed by atoms with Gasteiger partial charge in [0.2, 0.25) is 10.0 Å². The molecule has 0 unspecified atom stereocenters. The highest BCUT2D eigenvalue weighted by Crippen LogP contribution is 2.19. The molecule has 0 aliphatic carbocycles. The topological polar surface area (TPSA) is 101 Å². The summed E-state index contributed by atoms with van der Waals surface area (Å²) in [7, 11) is -2.73. The third kappa shape index (κ3) is 4.02. The quantitative estimate of drug-likeness (QED) is 0.785. The number of carbonyl (C=O) groups is 2. The molecule has 116 valence electrons. The SMILES string of the molecule is COC(=O)CN(C(C)C)S(=O)(=O)c1ccc(C(=O)O)cc1. The molecule has 0 saturated heterocycles. The summed E-state index contributed by atoms with van der Waals surface area (Å²) in [5, 5.41) is 8.81. The lowest BCUT2D eigenvalue weighted by Crippen LogP contribution is -2.41. The van der Waals surface area contributed by atoms with E-state index < -0.39 is 34.5 Å². The van der Waals surface area contributed by atoms with Gasteiger partial charge < -0.3 is 9.84 Å². The van der Waals surface area contributed by atoms with Crippen molar-refractivity contribution in [3.63, 3.8) is 0 Å². The molecule has 0 bridgehead atoms. The zero-order valence-corrected chi connectivity index (χ0v) is 12.8. The maximum absolute atomic E-state index is 12.5. The van der Waals surface area contributed by atoms with Crippen LogP contribution in [0.3, 0.4) is 0 Å². The Hall–Kier alpha value is -1.93. The van der Waals surface area contributed by atoms with E-state index in [1.807, 2.05) is 0 Å². The predicted molar refractivity (Wildman–Crippen MR) is 74.4 cm³/mol. The smallest absolute Gasteiger partial charge is 0.335 e. The first kappa shape index (κ1) is 17.1. The van der Waals surface area contributed by atoms with Crippen LogP contribution >= 0.6 is 0 Å². The molecule has 0 aliphatic rings. The molecule has 0 fully saturated rings. The number of nitrogens with zero attached hydrogens (tertiary/aromatic N) is 1. The molecule has 0 saturated carbocycles. The average molecular weight is 315 g/mol. The lowest BCUT2D eigenvalue weighted by molar-refractivity contribution is -0.141. The lowest BCUT2D eigenvalue weighted by Gasteiger charge is -2.24. The lowest BCUT2D eigenvalue weighted by atomic mass is 10.2. The number of hydrogen-bond donors (Lipinski definition) is 1. The Morgan fingerprint density at radius 2 is 1.76 bits per heavy atom. The molecule has 0 spiro atoms. The monoisotopic (exact) mass is 315 g/mol. The van der Waals surface area contributed by atoms with E-state index >= 15 is 0 Å². The zero-order valence-electron chi connectivity index (χ0n) is 11.9. The van der Waals surface area contributed by atoms with Crippen molar-refractivity contribution < 1.29 is 27.9 Å². The Kier molecular flexibility index (Phi) is 5.45. The van der Waals surface area contributed by atoms with Crippen LogP contribution in [-0.2, 0) is 19.6 Å². The van der Waals surface area contributed by atoms with Gasteiger partial charge in [-0.2, -0.15) is 4.31 Å². The van der Waals surface area contributed by atoms with Crippen LogP contribution in [0.5, 0.6) is 0 Å². The molecule has 0 radical (unpaired) electrons. The molecule has 0 amide bonds. The summed E-state index contributed by atoms with van der Waals surface area (Å²) in [6, 6.07) is 4.35. The first-order valence-electron chi connectivity index (χ1n) is 6.12. The van der Waals surface area contributed by atoms with E-state index in [4.69, 9.17) is 5.11 Å². The second-order valence-corrected chi connectivity index (χ2v) is 6.44. The molecule has 0 heterocycles. The summed E-state index contributed by atoms with van der Waals surface area (Å²) >= 11 is 0. The molecule has 21 heavy (non-hydrogen) atoms. The molecule has 0 atom stereocenters. The van der Waals surface area contributed by atoms with Crippen molar-refractivity contribution >= 4 is 22.0 Å². The number of hydrogen-bond acceptors (Lipinski definition) is 5. The molecule has 1 aromatic rings. The molecule has 0 aliphatic heterocycles. The highest BCUT2D eigenvalue weighted by atomic mass is 32.2. The number of carboxylic acid groups (broad SMARTS) is 1. The minimum Gasteiger partial charge on any atom is -0.478 e. The molecule has 0 aromatic heterocycles. The third-order valence-electron chi connectivity index (χ3n) is 2.80. The molecule has 1 aromatic carbocycles. The van der Waals surface area contributed by atoms with Crippen molar-refractivity contribution in [1.82, 2.24) is 4.31 Å². The number of methoxy groups -OCH3 is 1. The average Bonchev–Trinajstić information content (AvgIpc) is 2.43. The van der Waals surface area contributed by atoms with Gasteiger partial charge in [0.25, 0.3) is 0 Å². The summed E-state index contributed by atoms with van der Waals surface area (Å²) in [6.45, 7) is 2.86. The number of ether oxygens (including phenoxy) is 1. The normalized spacial score (nSPS) is 11.7. The van der Waals surface area contributed by atoms with Crippen molar-refractivity contribution in [2.45, 2.75) is 24.8 Å². The Labute approximate surface area is 123 Å². The van der Waals surface area contributed by atoms with Gasteiger partial charge in [0.1, 0.15) is 6.54 Å². The van der Waals surface area contributed by atoms with Crippen LogP contribution in [0.1, 0.15) is 24.2 Å². The highest BCUT2D eigenvalue weighted by molar-refractivity contribution is 7.89. The van der Waals surface area contributed by atoms with Crippen LogP contribution in [0.4, 0.5) is 0 Å². The maximum atomic E-state index is 12.5. The van der Waals surface area contributed by atoms with Gasteiger partial charge in [-0.05, 0) is 38.1 Å². The van der Waals surface area contributed by atoms with Crippen LogP contribution in [0.15, 0.2) is 29.2 Å². The van der Waals surface area contributed by atoms with Gasteiger partial charge in [-0.1, -0.05) is 0 Å². The van der Waals surface area contributed by atoms with Gasteiger partial charge in [-0.25, -0.2) is 13.2 Å². The predicted octanol–water partition coefficient (Wildman–Crippen LogP) is 0.957. The van der Waals surface area contributed by atoms with Crippen LogP contribution in [0.2, 0.25) is 0 Å².